The largest absolute Gasteiger partial charge is 0.401 e. The van der Waals surface area contributed by atoms with E-state index in [-0.39, 0.29) is 6.04 Å². The van der Waals surface area contributed by atoms with Gasteiger partial charge in [-0.2, -0.15) is 13.2 Å². The second kappa shape index (κ2) is 9.62. The molecule has 25 heavy (non-hydrogen) atoms. The van der Waals surface area contributed by atoms with Crippen LogP contribution in [0.4, 0.5) is 13.2 Å². The van der Waals surface area contributed by atoms with Gasteiger partial charge in [0.2, 0.25) is 0 Å². The van der Waals surface area contributed by atoms with E-state index in [2.05, 4.69) is 15.2 Å². The molecular formula is C17H31F3N4O. The van der Waals surface area contributed by atoms with Crippen LogP contribution in [0.1, 0.15) is 32.6 Å². The van der Waals surface area contributed by atoms with E-state index in [1.165, 1.54) is 4.90 Å². The highest BCUT2D eigenvalue weighted by Crippen LogP contribution is 2.21. The molecule has 0 aliphatic carbocycles. The number of alkyl halides is 3. The molecule has 2 heterocycles. The average Bonchev–Trinajstić information content (AvgIpc) is 2.98. The molecular weight excluding hydrogens is 333 g/mol. The molecule has 0 amide bonds. The van der Waals surface area contributed by atoms with Crippen molar-refractivity contribution in [1.29, 1.82) is 0 Å². The first-order chi connectivity index (χ1) is 11.9. The molecule has 0 aromatic carbocycles. The lowest BCUT2D eigenvalue weighted by molar-refractivity contribution is -0.143. The van der Waals surface area contributed by atoms with E-state index < -0.39 is 12.7 Å². The number of nitrogens with one attached hydrogen (secondary N) is 1. The van der Waals surface area contributed by atoms with E-state index in [0.29, 0.717) is 32.0 Å². The number of aliphatic imine (C=N–C) groups is 1. The lowest BCUT2D eigenvalue weighted by Crippen LogP contribution is -2.46. The summed E-state index contributed by atoms with van der Waals surface area (Å²) in [5, 5.41) is 3.36. The fraction of sp³-hybridized carbons (Fsp3) is 0.941. The summed E-state index contributed by atoms with van der Waals surface area (Å²) in [7, 11) is 2.00. The number of halogens is 3. The highest BCUT2D eigenvalue weighted by Gasteiger charge is 2.34. The molecule has 2 saturated heterocycles. The fourth-order valence-electron chi connectivity index (χ4n) is 3.47. The van der Waals surface area contributed by atoms with Crippen molar-refractivity contribution in [3.05, 3.63) is 0 Å². The van der Waals surface area contributed by atoms with Gasteiger partial charge in [-0.25, -0.2) is 0 Å². The Labute approximate surface area is 148 Å². The number of rotatable bonds is 6. The Hall–Kier alpha value is -1.02. The molecule has 0 bridgehead atoms. The van der Waals surface area contributed by atoms with Gasteiger partial charge in [0.1, 0.15) is 0 Å². The van der Waals surface area contributed by atoms with Crippen LogP contribution < -0.4 is 5.32 Å². The second-order valence-corrected chi connectivity index (χ2v) is 7.04. The molecule has 2 aliphatic heterocycles. The van der Waals surface area contributed by atoms with Crippen LogP contribution in [-0.4, -0.2) is 81.0 Å². The van der Waals surface area contributed by atoms with E-state index in [9.17, 15) is 13.2 Å². The summed E-state index contributed by atoms with van der Waals surface area (Å²) in [6, 6.07) is 0.0261. The minimum Gasteiger partial charge on any atom is -0.381 e. The van der Waals surface area contributed by atoms with Gasteiger partial charge in [0.05, 0.1) is 6.54 Å². The Morgan fingerprint density at radius 1 is 1.28 bits per heavy atom. The molecule has 146 valence electrons. The Morgan fingerprint density at radius 3 is 2.64 bits per heavy atom. The molecule has 8 heteroatoms. The highest BCUT2D eigenvalue weighted by molar-refractivity contribution is 5.80. The first kappa shape index (κ1) is 20.3. The van der Waals surface area contributed by atoms with Crippen molar-refractivity contribution in [3.8, 4) is 0 Å². The van der Waals surface area contributed by atoms with Crippen molar-refractivity contribution in [2.24, 2.45) is 10.9 Å². The Morgan fingerprint density at radius 2 is 2.00 bits per heavy atom. The van der Waals surface area contributed by atoms with Gasteiger partial charge in [-0.15, -0.1) is 0 Å². The topological polar surface area (TPSA) is 40.1 Å². The van der Waals surface area contributed by atoms with E-state index in [0.717, 1.165) is 45.0 Å². The van der Waals surface area contributed by atoms with Gasteiger partial charge in [0, 0.05) is 52.5 Å². The summed E-state index contributed by atoms with van der Waals surface area (Å²) in [6.45, 7) is 5.28. The van der Waals surface area contributed by atoms with Crippen LogP contribution in [-0.2, 0) is 4.74 Å². The Kier molecular flexibility index (Phi) is 7.81. The van der Waals surface area contributed by atoms with Gasteiger partial charge in [-0.1, -0.05) is 0 Å². The molecule has 0 aromatic heterocycles. The minimum atomic E-state index is -4.13. The third-order valence-electron chi connectivity index (χ3n) is 4.89. The maximum absolute atomic E-state index is 12.5. The zero-order chi connectivity index (χ0) is 18.3. The third-order valence-corrected chi connectivity index (χ3v) is 4.89. The maximum Gasteiger partial charge on any atom is 0.401 e. The normalized spacial score (nSPS) is 23.9. The summed E-state index contributed by atoms with van der Waals surface area (Å²) < 4.78 is 43.0. The molecule has 1 atom stereocenters. The monoisotopic (exact) mass is 364 g/mol. The number of ether oxygens (including phenoxy) is 1. The molecule has 0 radical (unpaired) electrons. The van der Waals surface area contributed by atoms with Crippen LogP contribution in [0.3, 0.4) is 0 Å². The third kappa shape index (κ3) is 7.40. The van der Waals surface area contributed by atoms with Crippen molar-refractivity contribution in [2.45, 2.75) is 44.8 Å². The predicted octanol–water partition coefficient (Wildman–Crippen LogP) is 2.34. The van der Waals surface area contributed by atoms with Crippen LogP contribution in [0.15, 0.2) is 4.99 Å². The SMILES string of the molecule is CCN=C(NC1CCN(CC(F)(F)F)C1)N(C)CCC1CCOCC1. The van der Waals surface area contributed by atoms with Gasteiger partial charge in [-0.3, -0.25) is 9.89 Å². The lowest BCUT2D eigenvalue weighted by atomic mass is 9.96. The van der Waals surface area contributed by atoms with E-state index in [1.807, 2.05) is 14.0 Å². The summed E-state index contributed by atoms with van der Waals surface area (Å²) in [4.78, 5) is 8.08. The van der Waals surface area contributed by atoms with E-state index in [4.69, 9.17) is 4.74 Å². The Balaban J connectivity index is 1.78. The first-order valence-electron chi connectivity index (χ1n) is 9.26. The summed E-state index contributed by atoms with van der Waals surface area (Å²) in [6.07, 6.45) is -0.107. The van der Waals surface area contributed by atoms with Crippen LogP contribution in [0.5, 0.6) is 0 Å². The number of likely N-dealkylation sites (tertiary alicyclic amines) is 1. The van der Waals surface area contributed by atoms with Gasteiger partial charge in [0.15, 0.2) is 5.96 Å². The molecule has 2 aliphatic rings. The molecule has 0 saturated carbocycles. The lowest BCUT2D eigenvalue weighted by Gasteiger charge is -2.28. The van der Waals surface area contributed by atoms with E-state index in [1.54, 1.807) is 0 Å². The van der Waals surface area contributed by atoms with Crippen LogP contribution in [0.25, 0.3) is 0 Å². The summed E-state index contributed by atoms with van der Waals surface area (Å²) in [5.74, 6) is 1.49. The van der Waals surface area contributed by atoms with Crippen molar-refractivity contribution in [1.82, 2.24) is 15.1 Å². The van der Waals surface area contributed by atoms with Gasteiger partial charge in [-0.05, 0) is 38.5 Å². The molecule has 1 N–H and O–H groups in total. The number of hydrogen-bond acceptors (Lipinski definition) is 3. The van der Waals surface area contributed by atoms with Crippen LogP contribution in [0, 0.1) is 5.92 Å². The van der Waals surface area contributed by atoms with Crippen LogP contribution in [0.2, 0.25) is 0 Å². The Bertz CT molecular complexity index is 425. The van der Waals surface area contributed by atoms with E-state index >= 15 is 0 Å². The molecule has 5 nitrogen and oxygen atoms in total. The highest BCUT2D eigenvalue weighted by atomic mass is 19.4. The molecule has 0 aromatic rings. The maximum atomic E-state index is 12.5. The van der Waals surface area contributed by atoms with Crippen molar-refractivity contribution in [2.75, 3.05) is 53.0 Å². The molecule has 1 unspecified atom stereocenters. The predicted molar refractivity (Wildman–Crippen MR) is 92.8 cm³/mol. The average molecular weight is 364 g/mol. The first-order valence-corrected chi connectivity index (χ1v) is 9.26. The van der Waals surface area contributed by atoms with Gasteiger partial charge in [0.25, 0.3) is 0 Å². The quantitative estimate of drug-likeness (QED) is 0.580. The zero-order valence-corrected chi connectivity index (χ0v) is 15.3. The second-order valence-electron chi connectivity index (χ2n) is 7.04. The minimum absolute atomic E-state index is 0.0261. The van der Waals surface area contributed by atoms with Crippen molar-refractivity contribution in [3.63, 3.8) is 0 Å². The smallest absolute Gasteiger partial charge is 0.381 e. The standard InChI is InChI=1S/C17H31F3N4O/c1-3-21-16(23(2)8-4-14-6-10-25-11-7-14)22-15-5-9-24(12-15)13-17(18,19)20/h14-15H,3-13H2,1-2H3,(H,21,22). The van der Waals surface area contributed by atoms with Crippen molar-refractivity contribution < 1.29 is 17.9 Å². The van der Waals surface area contributed by atoms with Gasteiger partial charge < -0.3 is 15.0 Å². The zero-order valence-electron chi connectivity index (χ0n) is 15.3. The number of hydrogen-bond donors (Lipinski definition) is 1. The number of guanidine groups is 1. The van der Waals surface area contributed by atoms with Crippen molar-refractivity contribution >= 4 is 5.96 Å². The van der Waals surface area contributed by atoms with Crippen LogP contribution >= 0.6 is 0 Å². The van der Waals surface area contributed by atoms with Gasteiger partial charge >= 0.3 is 6.18 Å². The molecule has 0 spiro atoms. The fourth-order valence-corrected chi connectivity index (χ4v) is 3.47. The number of nitrogens with zero attached hydrogens (tertiary/aromatic N) is 3. The molecule has 2 fully saturated rings. The summed E-state index contributed by atoms with van der Waals surface area (Å²) >= 11 is 0. The molecule has 2 rings (SSSR count). The summed E-state index contributed by atoms with van der Waals surface area (Å²) in [5.41, 5.74) is 0.